The maximum atomic E-state index is 12.9. The summed E-state index contributed by atoms with van der Waals surface area (Å²) in [7, 11) is -4.01. The fourth-order valence-corrected chi connectivity index (χ4v) is 5.30. The molecule has 0 saturated carbocycles. The van der Waals surface area contributed by atoms with E-state index in [2.05, 4.69) is 10.6 Å². The molecule has 1 fully saturated rings. The molecule has 1 unspecified atom stereocenters. The molecule has 12 heteroatoms. The Hall–Kier alpha value is -2.46. The largest absolute Gasteiger partial charge is 0.530 e. The van der Waals surface area contributed by atoms with Crippen molar-refractivity contribution in [1.29, 1.82) is 0 Å². The van der Waals surface area contributed by atoms with Gasteiger partial charge in [0.15, 0.2) is 17.0 Å². The number of amides is 2. The van der Waals surface area contributed by atoms with Crippen LogP contribution in [0.5, 0.6) is 5.75 Å². The van der Waals surface area contributed by atoms with Gasteiger partial charge in [0.1, 0.15) is 5.75 Å². The average Bonchev–Trinajstić information content (AvgIpc) is 2.79. The van der Waals surface area contributed by atoms with Crippen LogP contribution in [-0.2, 0) is 32.8 Å². The molecule has 0 aliphatic carbocycles. The number of carbonyl (C=O) groups excluding carboxylic acids is 4. The molecule has 0 bridgehead atoms. The molecule has 0 aromatic heterocycles. The van der Waals surface area contributed by atoms with Crippen LogP contribution in [0.15, 0.2) is 42.5 Å². The van der Waals surface area contributed by atoms with Gasteiger partial charge in [-0.1, -0.05) is 49.9 Å². The third-order valence-corrected chi connectivity index (χ3v) is 6.97. The van der Waals surface area contributed by atoms with E-state index >= 15 is 0 Å². The zero-order valence-corrected chi connectivity index (χ0v) is 21.7. The van der Waals surface area contributed by atoms with E-state index in [1.54, 1.807) is 57.2 Å². The number of carbonyl (C=O) groups is 4. The number of allylic oxidation sites excluding steroid dienone is 2. The Balaban J connectivity index is 1.73. The summed E-state index contributed by atoms with van der Waals surface area (Å²) in [5.41, 5.74) is -0.779. The predicted molar refractivity (Wildman–Crippen MR) is 132 cm³/mol. The topological polar surface area (TPSA) is 137 Å². The highest BCUT2D eigenvalue weighted by molar-refractivity contribution is 8.13. The van der Waals surface area contributed by atoms with Gasteiger partial charge in [0.05, 0.1) is 13.0 Å². The summed E-state index contributed by atoms with van der Waals surface area (Å²) in [4.78, 5) is 47.8. The molecule has 1 saturated heterocycles. The van der Waals surface area contributed by atoms with Gasteiger partial charge in [-0.05, 0) is 25.1 Å². The fourth-order valence-electron chi connectivity index (χ4n) is 2.96. The summed E-state index contributed by atoms with van der Waals surface area (Å²) in [6.45, 7) is 5.44. The molecule has 192 valence electrons. The number of hydrogen-bond acceptors (Lipinski definition) is 9. The Morgan fingerprint density at radius 2 is 1.89 bits per heavy atom. The van der Waals surface area contributed by atoms with E-state index in [9.17, 15) is 23.7 Å². The SMILES string of the molecule is C/C=C/C(=O)CC(=O)SCCNC(=O)CCNC(=O)[C@@H]1OP(=O)(Oc2ccccc2)OCC1(C)C. The molecule has 2 amide bonds. The van der Waals surface area contributed by atoms with Crippen LogP contribution in [0, 0.1) is 5.41 Å². The lowest BCUT2D eigenvalue weighted by Crippen LogP contribution is -2.50. The first kappa shape index (κ1) is 28.8. The standard InChI is InChI=1S/C23H31N2O8PS/c1-4-8-17(26)15-20(28)35-14-13-24-19(27)11-12-25-22(29)21-23(2,3)16-31-34(30,33-21)32-18-9-6-5-7-10-18/h4-10,21H,11-16H2,1-3H3,(H,24,27)(H,25,29)/b8-4+/t21-,34?/m0/s1. The van der Waals surface area contributed by atoms with Gasteiger partial charge >= 0.3 is 7.82 Å². The lowest BCUT2D eigenvalue weighted by molar-refractivity contribution is -0.140. The number of phosphoric acid groups is 1. The number of nitrogens with one attached hydrogen (secondary N) is 2. The molecule has 2 rings (SSSR count). The Bertz CT molecular complexity index is 983. The molecular formula is C23H31N2O8PS. The van der Waals surface area contributed by atoms with E-state index in [-0.39, 0.29) is 55.1 Å². The first-order chi connectivity index (χ1) is 16.5. The van der Waals surface area contributed by atoms with Crippen LogP contribution in [0.25, 0.3) is 0 Å². The highest BCUT2D eigenvalue weighted by Crippen LogP contribution is 2.56. The zero-order valence-electron chi connectivity index (χ0n) is 20.0. The van der Waals surface area contributed by atoms with Gasteiger partial charge in [0.2, 0.25) is 5.91 Å². The van der Waals surface area contributed by atoms with Gasteiger partial charge < -0.3 is 15.2 Å². The number of ketones is 1. The van der Waals surface area contributed by atoms with Crippen molar-refractivity contribution in [1.82, 2.24) is 10.6 Å². The van der Waals surface area contributed by atoms with Crippen LogP contribution in [0.2, 0.25) is 0 Å². The number of para-hydroxylation sites is 1. The molecule has 1 heterocycles. The number of hydrogen-bond donors (Lipinski definition) is 2. The van der Waals surface area contributed by atoms with E-state index in [0.29, 0.717) is 5.75 Å². The van der Waals surface area contributed by atoms with Crippen LogP contribution in [0.1, 0.15) is 33.6 Å². The average molecular weight is 527 g/mol. The molecule has 1 aromatic carbocycles. The van der Waals surface area contributed by atoms with E-state index in [1.807, 2.05) is 0 Å². The number of benzene rings is 1. The van der Waals surface area contributed by atoms with Crippen LogP contribution < -0.4 is 15.2 Å². The Kier molecular flexibility index (Phi) is 11.2. The van der Waals surface area contributed by atoms with Gasteiger partial charge in [-0.2, -0.15) is 0 Å². The number of thioether (sulfide) groups is 1. The lowest BCUT2D eigenvalue weighted by atomic mass is 9.87. The summed E-state index contributed by atoms with van der Waals surface area (Å²) in [6.07, 6.45) is 1.64. The fraction of sp³-hybridized carbons (Fsp3) is 0.478. The highest BCUT2D eigenvalue weighted by atomic mass is 32.2. The van der Waals surface area contributed by atoms with E-state index in [4.69, 9.17) is 13.6 Å². The van der Waals surface area contributed by atoms with Crippen molar-refractivity contribution in [3.05, 3.63) is 42.5 Å². The quantitative estimate of drug-likeness (QED) is 0.182. The minimum atomic E-state index is -4.01. The molecule has 0 spiro atoms. The second kappa shape index (κ2) is 13.6. The Morgan fingerprint density at radius 1 is 1.17 bits per heavy atom. The summed E-state index contributed by atoms with van der Waals surface area (Å²) in [6, 6.07) is 8.36. The van der Waals surface area contributed by atoms with Crippen molar-refractivity contribution in [2.45, 2.75) is 39.7 Å². The maximum absolute atomic E-state index is 12.9. The first-order valence-corrected chi connectivity index (χ1v) is 13.5. The summed E-state index contributed by atoms with van der Waals surface area (Å²) in [5, 5.41) is 5.01. The predicted octanol–water partition coefficient (Wildman–Crippen LogP) is 3.03. The monoisotopic (exact) mass is 526 g/mol. The van der Waals surface area contributed by atoms with E-state index in [0.717, 1.165) is 11.8 Å². The van der Waals surface area contributed by atoms with E-state index in [1.165, 1.54) is 6.08 Å². The molecule has 1 aliphatic rings. The third kappa shape index (κ3) is 9.97. The van der Waals surface area contributed by atoms with Crippen LogP contribution in [0.3, 0.4) is 0 Å². The molecule has 1 aliphatic heterocycles. The second-order valence-corrected chi connectivity index (χ2v) is 11.1. The van der Waals surface area contributed by atoms with E-state index < -0.39 is 25.2 Å². The van der Waals surface area contributed by atoms with Crippen molar-refractivity contribution in [2.24, 2.45) is 5.41 Å². The Labute approximate surface area is 209 Å². The molecule has 2 N–H and O–H groups in total. The van der Waals surface area contributed by atoms with Gasteiger partial charge in [-0.3, -0.25) is 28.2 Å². The normalized spacial score (nSPS) is 21.3. The van der Waals surface area contributed by atoms with Gasteiger partial charge in [-0.25, -0.2) is 4.57 Å². The summed E-state index contributed by atoms with van der Waals surface area (Å²) in [5.74, 6) is -0.482. The first-order valence-electron chi connectivity index (χ1n) is 11.1. The molecule has 35 heavy (non-hydrogen) atoms. The van der Waals surface area contributed by atoms with Crippen molar-refractivity contribution in [3.8, 4) is 5.75 Å². The van der Waals surface area contributed by atoms with Crippen molar-refractivity contribution < 1.29 is 37.3 Å². The van der Waals surface area contributed by atoms with Gasteiger partial charge in [-0.15, -0.1) is 0 Å². The Morgan fingerprint density at radius 3 is 2.57 bits per heavy atom. The van der Waals surface area contributed by atoms with Crippen LogP contribution >= 0.6 is 19.6 Å². The van der Waals surface area contributed by atoms with Crippen molar-refractivity contribution >= 4 is 42.3 Å². The maximum Gasteiger partial charge on any atom is 0.530 e. The molecule has 0 radical (unpaired) electrons. The smallest absolute Gasteiger partial charge is 0.404 e. The van der Waals surface area contributed by atoms with Gasteiger partial charge in [0.25, 0.3) is 5.91 Å². The van der Waals surface area contributed by atoms with Crippen LogP contribution in [0.4, 0.5) is 0 Å². The summed E-state index contributed by atoms with van der Waals surface area (Å²) >= 11 is 0.975. The lowest BCUT2D eigenvalue weighted by Gasteiger charge is -2.39. The minimum absolute atomic E-state index is 0.00591. The second-order valence-electron chi connectivity index (χ2n) is 8.35. The molecular weight excluding hydrogens is 495 g/mol. The van der Waals surface area contributed by atoms with Crippen molar-refractivity contribution in [3.63, 3.8) is 0 Å². The zero-order chi connectivity index (χ0) is 25.9. The highest BCUT2D eigenvalue weighted by Gasteiger charge is 2.49. The third-order valence-electron chi connectivity index (χ3n) is 4.75. The number of rotatable bonds is 12. The molecule has 1 aromatic rings. The summed E-state index contributed by atoms with van der Waals surface area (Å²) < 4.78 is 29.1. The number of phosphoric ester groups is 1. The van der Waals surface area contributed by atoms with Gasteiger partial charge in [0, 0.05) is 30.7 Å². The molecule has 10 nitrogen and oxygen atoms in total. The van der Waals surface area contributed by atoms with Crippen molar-refractivity contribution in [2.75, 3.05) is 25.4 Å². The minimum Gasteiger partial charge on any atom is -0.404 e. The van der Waals surface area contributed by atoms with Crippen LogP contribution in [-0.4, -0.2) is 54.3 Å². The molecule has 2 atom stereocenters.